The molecule has 8 nitrogen and oxygen atoms in total. The first-order valence-corrected chi connectivity index (χ1v) is 11.4. The van der Waals surface area contributed by atoms with Gasteiger partial charge >= 0.3 is 7.82 Å². The van der Waals surface area contributed by atoms with Crippen molar-refractivity contribution < 1.29 is 37.5 Å². The Morgan fingerprint density at radius 3 is 2.43 bits per heavy atom. The van der Waals surface area contributed by atoms with Crippen LogP contribution in [0.4, 0.5) is 0 Å². The average Bonchev–Trinajstić information content (AvgIpc) is 3.04. The summed E-state index contributed by atoms with van der Waals surface area (Å²) in [6, 6.07) is -1.27. The summed E-state index contributed by atoms with van der Waals surface area (Å²) in [5.41, 5.74) is 0. The number of hydrogen-bond donors (Lipinski definition) is 2. The molecule has 2 heterocycles. The highest BCUT2D eigenvalue weighted by Crippen LogP contribution is 2.48. The second kappa shape index (κ2) is 10.6. The van der Waals surface area contributed by atoms with Crippen LogP contribution in [-0.4, -0.2) is 87.7 Å². The molecule has 2 fully saturated rings. The monoisotopic (exact) mass is 434 g/mol. The molecule has 0 aromatic heterocycles. The molecule has 158 valence electrons. The molecule has 8 atom stereocenters. The van der Waals surface area contributed by atoms with E-state index in [9.17, 15) is 9.46 Å². The number of phosphoric ester groups is 1. The molecular formula is C16H29B2O8PS. The first kappa shape index (κ1) is 24.7. The van der Waals surface area contributed by atoms with Gasteiger partial charge in [-0.25, -0.2) is 4.57 Å². The van der Waals surface area contributed by atoms with E-state index < -0.39 is 43.4 Å². The largest absolute Gasteiger partial charge is 0.472 e. The second-order valence-corrected chi connectivity index (χ2v) is 9.52. The molecule has 12 heteroatoms. The SMILES string of the molecule is [B][C@@H]1O[C@H](COC(C)C)C(OP(=O)(O)OC[C@H]2O[C@@H]([B])CC2OC(C)C)[C@H]1S. The Morgan fingerprint density at radius 1 is 1.14 bits per heavy atom. The van der Waals surface area contributed by atoms with E-state index in [-0.39, 0.29) is 31.5 Å². The predicted molar refractivity (Wildman–Crippen MR) is 108 cm³/mol. The zero-order chi connectivity index (χ0) is 21.1. The number of ether oxygens (including phenoxy) is 4. The van der Waals surface area contributed by atoms with Crippen molar-refractivity contribution in [2.75, 3.05) is 13.2 Å². The summed E-state index contributed by atoms with van der Waals surface area (Å²) in [7, 11) is 7.20. The molecule has 0 spiro atoms. The van der Waals surface area contributed by atoms with Crippen molar-refractivity contribution in [1.29, 1.82) is 0 Å². The summed E-state index contributed by atoms with van der Waals surface area (Å²) in [5, 5.41) is -0.613. The third-order valence-electron chi connectivity index (χ3n) is 4.30. The Balaban J connectivity index is 1.93. The Morgan fingerprint density at radius 2 is 1.82 bits per heavy atom. The van der Waals surface area contributed by atoms with Crippen LogP contribution in [0.25, 0.3) is 0 Å². The molecule has 0 bridgehead atoms. The van der Waals surface area contributed by atoms with E-state index in [2.05, 4.69) is 12.6 Å². The van der Waals surface area contributed by atoms with Crippen LogP contribution < -0.4 is 0 Å². The maximum Gasteiger partial charge on any atom is 0.472 e. The first-order chi connectivity index (χ1) is 13.0. The van der Waals surface area contributed by atoms with Gasteiger partial charge in [-0.2, -0.15) is 12.6 Å². The van der Waals surface area contributed by atoms with Crippen molar-refractivity contribution >= 4 is 36.1 Å². The predicted octanol–water partition coefficient (Wildman–Crippen LogP) is 1.18. The molecule has 2 rings (SSSR count). The highest BCUT2D eigenvalue weighted by atomic mass is 32.1. The van der Waals surface area contributed by atoms with Crippen LogP contribution in [0.3, 0.4) is 0 Å². The molecule has 28 heavy (non-hydrogen) atoms. The van der Waals surface area contributed by atoms with E-state index in [1.807, 2.05) is 27.7 Å². The van der Waals surface area contributed by atoms with Crippen LogP contribution in [0.1, 0.15) is 34.1 Å². The summed E-state index contributed by atoms with van der Waals surface area (Å²) >= 11 is 4.34. The fraction of sp³-hybridized carbons (Fsp3) is 1.00. The quantitative estimate of drug-likeness (QED) is 0.301. The van der Waals surface area contributed by atoms with Crippen molar-refractivity contribution in [1.82, 2.24) is 0 Å². The van der Waals surface area contributed by atoms with Crippen LogP contribution in [-0.2, 0) is 32.6 Å². The maximum atomic E-state index is 12.5. The topological polar surface area (TPSA) is 92.7 Å². The number of phosphoric acid groups is 1. The maximum absolute atomic E-state index is 12.5. The third kappa shape index (κ3) is 7.29. The first-order valence-electron chi connectivity index (χ1n) is 9.41. The molecule has 0 aromatic rings. The fourth-order valence-electron chi connectivity index (χ4n) is 3.06. The minimum absolute atomic E-state index is 0.0395. The van der Waals surface area contributed by atoms with Crippen molar-refractivity contribution in [3.63, 3.8) is 0 Å². The Labute approximate surface area is 175 Å². The molecule has 0 amide bonds. The molecular weight excluding hydrogens is 405 g/mol. The summed E-state index contributed by atoms with van der Waals surface area (Å²) in [6.45, 7) is 7.45. The minimum atomic E-state index is -4.44. The normalized spacial score (nSPS) is 38.4. The van der Waals surface area contributed by atoms with Gasteiger partial charge in [-0.1, -0.05) is 0 Å². The Bertz CT molecular complexity index is 543. The van der Waals surface area contributed by atoms with Crippen LogP contribution in [0, 0.1) is 0 Å². The van der Waals surface area contributed by atoms with Crippen molar-refractivity contribution in [2.45, 2.75) is 88.0 Å². The zero-order valence-corrected chi connectivity index (χ0v) is 18.5. The lowest BCUT2D eigenvalue weighted by molar-refractivity contribution is -0.0648. The van der Waals surface area contributed by atoms with Gasteiger partial charge in [0.2, 0.25) is 0 Å². The van der Waals surface area contributed by atoms with Crippen molar-refractivity contribution in [3.05, 3.63) is 0 Å². The standard InChI is InChI=1S/C16H29B2O8PS/c1-8(2)21-6-12-14(15(28)16(18)25-12)26-27(19,20)22-7-11-10(23-9(3)4)5-13(17)24-11/h8-16,28H,5-7H2,1-4H3,(H,19,20)/t10?,11-,12-,13-,14?,15-,16-/m1/s1. The van der Waals surface area contributed by atoms with E-state index in [1.165, 1.54) is 0 Å². The van der Waals surface area contributed by atoms with Crippen LogP contribution >= 0.6 is 20.5 Å². The Hall–Kier alpha value is 0.430. The third-order valence-corrected chi connectivity index (χ3v) is 5.87. The smallest absolute Gasteiger partial charge is 0.380 e. The Kier molecular flexibility index (Phi) is 9.39. The van der Waals surface area contributed by atoms with Crippen LogP contribution in [0.2, 0.25) is 0 Å². The average molecular weight is 434 g/mol. The summed E-state index contributed by atoms with van der Waals surface area (Å²) in [6.07, 6.45) is -2.03. The van der Waals surface area contributed by atoms with E-state index in [4.69, 9.17) is 43.7 Å². The molecule has 2 saturated heterocycles. The lowest BCUT2D eigenvalue weighted by Gasteiger charge is -2.26. The molecule has 0 aliphatic carbocycles. The van der Waals surface area contributed by atoms with E-state index in [0.29, 0.717) is 6.42 Å². The zero-order valence-electron chi connectivity index (χ0n) is 16.7. The molecule has 4 radical (unpaired) electrons. The molecule has 0 saturated carbocycles. The number of rotatable bonds is 10. The highest BCUT2D eigenvalue weighted by molar-refractivity contribution is 7.81. The number of hydrogen-bond acceptors (Lipinski definition) is 8. The second-order valence-electron chi connectivity index (χ2n) is 7.52. The van der Waals surface area contributed by atoms with Crippen LogP contribution in [0.5, 0.6) is 0 Å². The fourth-order valence-corrected chi connectivity index (χ4v) is 4.45. The van der Waals surface area contributed by atoms with Gasteiger partial charge in [0.15, 0.2) is 0 Å². The molecule has 1 N–H and O–H groups in total. The summed E-state index contributed by atoms with van der Waals surface area (Å²) in [5.74, 6) is 0. The lowest BCUT2D eigenvalue weighted by atomic mass is 9.95. The van der Waals surface area contributed by atoms with Crippen LogP contribution in [0.15, 0.2) is 0 Å². The van der Waals surface area contributed by atoms with Gasteiger partial charge in [0, 0.05) is 17.3 Å². The van der Waals surface area contributed by atoms with Gasteiger partial charge in [-0.3, -0.25) is 9.05 Å². The summed E-state index contributed by atoms with van der Waals surface area (Å²) in [4.78, 5) is 10.2. The van der Waals surface area contributed by atoms with Crippen molar-refractivity contribution in [2.24, 2.45) is 0 Å². The van der Waals surface area contributed by atoms with Gasteiger partial charge in [0.1, 0.15) is 34.0 Å². The molecule has 3 unspecified atom stereocenters. The van der Waals surface area contributed by atoms with E-state index >= 15 is 0 Å². The molecule has 2 aliphatic heterocycles. The van der Waals surface area contributed by atoms with Gasteiger partial charge < -0.3 is 23.8 Å². The van der Waals surface area contributed by atoms with E-state index in [0.717, 1.165) is 0 Å². The lowest BCUT2D eigenvalue weighted by Crippen LogP contribution is -2.35. The summed E-state index contributed by atoms with van der Waals surface area (Å²) < 4.78 is 45.3. The van der Waals surface area contributed by atoms with Crippen molar-refractivity contribution in [3.8, 4) is 0 Å². The van der Waals surface area contributed by atoms with E-state index in [1.54, 1.807) is 0 Å². The molecule has 2 aliphatic rings. The van der Waals surface area contributed by atoms with Gasteiger partial charge in [0.25, 0.3) is 0 Å². The van der Waals surface area contributed by atoms with Gasteiger partial charge in [-0.05, 0) is 34.1 Å². The minimum Gasteiger partial charge on any atom is -0.380 e. The highest BCUT2D eigenvalue weighted by Gasteiger charge is 2.45. The van der Waals surface area contributed by atoms with Gasteiger partial charge in [0.05, 0.1) is 31.5 Å². The molecule has 0 aromatic carbocycles. The number of thiol groups is 1. The van der Waals surface area contributed by atoms with Gasteiger partial charge in [-0.15, -0.1) is 0 Å².